The van der Waals surface area contributed by atoms with Crippen LogP contribution in [0.15, 0.2) is 0 Å². The molecular formula is C14H33O15P3. The first-order valence-electron chi connectivity index (χ1n) is 10.0. The first-order chi connectivity index (χ1) is 14.9. The lowest BCUT2D eigenvalue weighted by Crippen LogP contribution is -2.02. The summed E-state index contributed by atoms with van der Waals surface area (Å²) in [4.78, 5) is 49.8. The van der Waals surface area contributed by atoms with Gasteiger partial charge in [0.25, 0.3) is 0 Å². The van der Waals surface area contributed by atoms with Crippen molar-refractivity contribution in [3.63, 3.8) is 0 Å². The maximum Gasteiger partial charge on any atom is 0.490 e. The zero-order valence-electron chi connectivity index (χ0n) is 17.6. The third-order valence-corrected chi connectivity index (χ3v) is 7.13. The van der Waals surface area contributed by atoms with Gasteiger partial charge in [-0.25, -0.2) is 23.5 Å². The highest BCUT2D eigenvalue weighted by atomic mass is 31.3. The quantitative estimate of drug-likeness (QED) is 0.256. The molecule has 1 fully saturated rings. The molecule has 1 heterocycles. The fourth-order valence-electron chi connectivity index (χ4n) is 2.49. The van der Waals surface area contributed by atoms with Gasteiger partial charge in [0.05, 0.1) is 13.2 Å². The van der Waals surface area contributed by atoms with Crippen LogP contribution in [0.2, 0.25) is 0 Å². The summed E-state index contributed by atoms with van der Waals surface area (Å²) in [5, 5.41) is 13.0. The third kappa shape index (κ3) is 26.5. The largest absolute Gasteiger partial charge is 0.490 e. The van der Waals surface area contributed by atoms with Gasteiger partial charge in [0.1, 0.15) is 0 Å². The number of hydrogen-bond donors (Lipinski definition) is 5. The summed E-state index contributed by atoms with van der Waals surface area (Å²) in [5.41, 5.74) is 0. The van der Waals surface area contributed by atoms with Crippen molar-refractivity contribution in [1.82, 2.24) is 0 Å². The monoisotopic (exact) mass is 534 g/mol. The molecule has 0 saturated carbocycles. The van der Waals surface area contributed by atoms with Crippen molar-refractivity contribution in [1.29, 1.82) is 0 Å². The topological polar surface area (TPSA) is 217 Å². The third-order valence-electron chi connectivity index (χ3n) is 3.78. The smallest absolute Gasteiger partial charge is 0.302 e. The van der Waals surface area contributed by atoms with Crippen LogP contribution in [-0.4, -0.2) is 37.7 Å². The molecule has 0 radical (unpaired) electrons. The Kier molecular flexibility index (Phi) is 18.6. The van der Waals surface area contributed by atoms with E-state index < -0.39 is 23.5 Å². The van der Waals surface area contributed by atoms with Crippen LogP contribution in [0.25, 0.3) is 0 Å². The van der Waals surface area contributed by atoms with Crippen LogP contribution < -0.4 is 0 Å². The van der Waals surface area contributed by atoms with Crippen molar-refractivity contribution >= 4 is 23.5 Å². The SMILES string of the molecule is C1CCCCCCCOOOOOCCCCCC1.O=P(O)(O)OP(=O)(O)OP(=O)(O)O. The van der Waals surface area contributed by atoms with Gasteiger partial charge in [-0.1, -0.05) is 64.2 Å². The second-order valence-corrected chi connectivity index (χ2v) is 10.9. The van der Waals surface area contributed by atoms with E-state index in [2.05, 4.69) is 23.7 Å². The van der Waals surface area contributed by atoms with Crippen molar-refractivity contribution < 1.29 is 71.7 Å². The van der Waals surface area contributed by atoms with Crippen molar-refractivity contribution in [2.45, 2.75) is 77.0 Å². The van der Waals surface area contributed by atoms with E-state index in [1.807, 2.05) is 0 Å². The number of hydrogen-bond acceptors (Lipinski definition) is 10. The van der Waals surface area contributed by atoms with Gasteiger partial charge in [0.15, 0.2) is 0 Å². The normalized spacial score (nSPS) is 20.2. The molecular weight excluding hydrogens is 501 g/mol. The van der Waals surface area contributed by atoms with E-state index in [0.29, 0.717) is 13.2 Å². The molecule has 15 nitrogen and oxygen atoms in total. The summed E-state index contributed by atoms with van der Waals surface area (Å²) in [6, 6.07) is 0. The van der Waals surface area contributed by atoms with E-state index in [0.717, 1.165) is 12.8 Å². The molecule has 194 valence electrons. The van der Waals surface area contributed by atoms with Crippen molar-refractivity contribution in [3.05, 3.63) is 0 Å². The number of rotatable bonds is 4. The van der Waals surface area contributed by atoms with Gasteiger partial charge in [-0.05, 0) is 28.0 Å². The zero-order valence-corrected chi connectivity index (χ0v) is 20.2. The summed E-state index contributed by atoms with van der Waals surface area (Å²) < 4.78 is 36.4. The Bertz CT molecular complexity index is 483. The fraction of sp³-hybridized carbons (Fsp3) is 1.00. The lowest BCUT2D eigenvalue weighted by atomic mass is 10.1. The molecule has 1 rings (SSSR count). The van der Waals surface area contributed by atoms with E-state index in [1.165, 1.54) is 64.2 Å². The van der Waals surface area contributed by atoms with E-state index in [4.69, 9.17) is 34.2 Å². The molecule has 0 aromatic carbocycles. The molecule has 0 aromatic rings. The summed E-state index contributed by atoms with van der Waals surface area (Å²) in [6.45, 7) is 1.03. The Labute approximate surface area is 186 Å². The lowest BCUT2D eigenvalue weighted by molar-refractivity contribution is -0.708. The molecule has 0 bridgehead atoms. The molecule has 32 heavy (non-hydrogen) atoms. The summed E-state index contributed by atoms with van der Waals surface area (Å²) in [5.74, 6) is 0. The first kappa shape index (κ1) is 32.2. The molecule has 0 unspecified atom stereocenters. The van der Waals surface area contributed by atoms with Crippen molar-refractivity contribution in [3.8, 4) is 0 Å². The standard InChI is InChI=1S/C14H28O5.H5O10P3/c1-2-4-6-8-10-12-14-16-18-19-17-15-13-11-9-7-5-3-1;1-11(2,3)9-13(7,8)10-12(4,5)6/h1-14H2;(H,7,8)(H2,1,2,3)(H2,4,5,6). The molecule has 0 aliphatic carbocycles. The van der Waals surface area contributed by atoms with Crippen LogP contribution in [0.5, 0.6) is 0 Å². The molecule has 0 spiro atoms. The van der Waals surface area contributed by atoms with E-state index in [9.17, 15) is 13.7 Å². The molecule has 1 saturated heterocycles. The van der Waals surface area contributed by atoms with Gasteiger partial charge >= 0.3 is 23.5 Å². The zero-order chi connectivity index (χ0) is 24.3. The van der Waals surface area contributed by atoms with Crippen LogP contribution in [-0.2, 0) is 47.2 Å². The van der Waals surface area contributed by atoms with E-state index in [1.54, 1.807) is 0 Å². The Morgan fingerprint density at radius 3 is 1.03 bits per heavy atom. The minimum Gasteiger partial charge on any atom is -0.302 e. The summed E-state index contributed by atoms with van der Waals surface area (Å²) >= 11 is 0. The van der Waals surface area contributed by atoms with E-state index in [-0.39, 0.29) is 0 Å². The highest BCUT2D eigenvalue weighted by Gasteiger charge is 2.38. The predicted molar refractivity (Wildman–Crippen MR) is 107 cm³/mol. The highest BCUT2D eigenvalue weighted by molar-refractivity contribution is 7.66. The second-order valence-electron chi connectivity index (χ2n) is 6.70. The molecule has 0 aromatic heterocycles. The Morgan fingerprint density at radius 2 is 0.750 bits per heavy atom. The molecule has 0 amide bonds. The molecule has 0 atom stereocenters. The Morgan fingerprint density at radius 1 is 0.469 bits per heavy atom. The van der Waals surface area contributed by atoms with Gasteiger partial charge in [-0.15, -0.1) is 0 Å². The minimum atomic E-state index is -5.46. The van der Waals surface area contributed by atoms with Crippen LogP contribution in [0.1, 0.15) is 77.0 Å². The van der Waals surface area contributed by atoms with Gasteiger partial charge in [0.2, 0.25) is 0 Å². The average molecular weight is 534 g/mol. The van der Waals surface area contributed by atoms with Crippen LogP contribution in [0, 0.1) is 0 Å². The maximum atomic E-state index is 10.4. The minimum absolute atomic E-state index is 0.517. The van der Waals surface area contributed by atoms with Crippen LogP contribution in [0.3, 0.4) is 0 Å². The fourth-order valence-corrected chi connectivity index (χ4v) is 5.03. The Balaban J connectivity index is 0.000000649. The number of phosphoric acid groups is 3. The van der Waals surface area contributed by atoms with Gasteiger partial charge < -0.3 is 24.5 Å². The Hall–Kier alpha value is 0.210. The van der Waals surface area contributed by atoms with Crippen molar-refractivity contribution in [2.24, 2.45) is 0 Å². The molecule has 1 aliphatic rings. The average Bonchev–Trinajstić information content (AvgIpc) is 2.61. The molecule has 1 aliphatic heterocycles. The van der Waals surface area contributed by atoms with Crippen molar-refractivity contribution in [2.75, 3.05) is 13.2 Å². The van der Waals surface area contributed by atoms with E-state index >= 15 is 0 Å². The van der Waals surface area contributed by atoms with Gasteiger partial charge in [-0.2, -0.15) is 8.62 Å². The predicted octanol–water partition coefficient (Wildman–Crippen LogP) is 3.73. The highest BCUT2D eigenvalue weighted by Crippen LogP contribution is 2.64. The maximum absolute atomic E-state index is 10.4. The van der Waals surface area contributed by atoms with Crippen LogP contribution in [0.4, 0.5) is 0 Å². The molecule has 5 N–H and O–H groups in total. The first-order valence-corrected chi connectivity index (χ1v) is 14.6. The van der Waals surface area contributed by atoms with Crippen LogP contribution >= 0.6 is 23.5 Å². The lowest BCUT2D eigenvalue weighted by Gasteiger charge is -2.11. The second kappa shape index (κ2) is 18.5. The summed E-state index contributed by atoms with van der Waals surface area (Å²) in [7, 11) is -16.2. The van der Waals surface area contributed by atoms with Gasteiger partial charge in [0, 0.05) is 0 Å². The summed E-state index contributed by atoms with van der Waals surface area (Å²) in [6.07, 6.45) is 15.0. The molecule has 18 heteroatoms. The van der Waals surface area contributed by atoms with Gasteiger partial charge in [-0.3, -0.25) is 0 Å².